The molecule has 1 heterocycles. The number of hydrogen-bond acceptors (Lipinski definition) is 2. The zero-order chi connectivity index (χ0) is 8.55. The molecule has 0 radical (unpaired) electrons. The number of benzene rings is 1. The molecule has 12 heavy (non-hydrogen) atoms. The van der Waals surface area contributed by atoms with E-state index in [4.69, 9.17) is 17.0 Å². The standard InChI is InChI=1S/C9H9NOS/c1-6-7-4-2-3-5-8(7)11-9(12)10-6/h2-6H,1H3,(H,10,12). The predicted octanol–water partition coefficient (Wildman–Crippen LogP) is 2.01. The normalized spacial score (nSPS) is 20.8. The average molecular weight is 179 g/mol. The van der Waals surface area contributed by atoms with Crippen LogP contribution in [-0.4, -0.2) is 5.17 Å². The Balaban J connectivity index is 2.47. The van der Waals surface area contributed by atoms with Crippen LogP contribution in [0.1, 0.15) is 18.5 Å². The van der Waals surface area contributed by atoms with Gasteiger partial charge in [0.2, 0.25) is 0 Å². The molecule has 1 aliphatic heterocycles. The second-order valence-electron chi connectivity index (χ2n) is 2.79. The molecule has 2 nitrogen and oxygen atoms in total. The fraction of sp³-hybridized carbons (Fsp3) is 0.222. The summed E-state index contributed by atoms with van der Waals surface area (Å²) < 4.78 is 5.32. The fourth-order valence-electron chi connectivity index (χ4n) is 1.32. The lowest BCUT2D eigenvalue weighted by atomic mass is 10.1. The fourth-order valence-corrected chi connectivity index (χ4v) is 1.58. The van der Waals surface area contributed by atoms with Crippen LogP contribution in [-0.2, 0) is 0 Å². The lowest BCUT2D eigenvalue weighted by molar-refractivity contribution is 0.466. The Labute approximate surface area is 76.5 Å². The minimum Gasteiger partial charge on any atom is -0.432 e. The maximum atomic E-state index is 5.32. The van der Waals surface area contributed by atoms with Gasteiger partial charge in [-0.15, -0.1) is 0 Å². The summed E-state index contributed by atoms with van der Waals surface area (Å²) in [6.07, 6.45) is 0. The first kappa shape index (κ1) is 7.55. The van der Waals surface area contributed by atoms with Crippen molar-refractivity contribution in [3.8, 4) is 5.75 Å². The van der Waals surface area contributed by atoms with E-state index in [2.05, 4.69) is 12.2 Å². The molecule has 0 saturated heterocycles. The largest absolute Gasteiger partial charge is 0.432 e. The molecule has 3 heteroatoms. The van der Waals surface area contributed by atoms with Gasteiger partial charge in [-0.1, -0.05) is 18.2 Å². The molecule has 1 N–H and O–H groups in total. The zero-order valence-corrected chi connectivity index (χ0v) is 7.52. The lowest BCUT2D eigenvalue weighted by Crippen LogP contribution is -2.33. The van der Waals surface area contributed by atoms with Crippen LogP contribution in [0.15, 0.2) is 24.3 Å². The molecular formula is C9H9NOS. The summed E-state index contributed by atoms with van der Waals surface area (Å²) in [6, 6.07) is 8.16. The number of nitrogens with one attached hydrogen (secondary N) is 1. The summed E-state index contributed by atoms with van der Waals surface area (Å²) >= 11 is 4.93. The molecule has 0 aromatic heterocycles. The third kappa shape index (κ3) is 1.16. The van der Waals surface area contributed by atoms with Gasteiger partial charge < -0.3 is 10.1 Å². The predicted molar refractivity (Wildman–Crippen MR) is 51.2 cm³/mol. The zero-order valence-electron chi connectivity index (χ0n) is 6.70. The van der Waals surface area contributed by atoms with Crippen molar-refractivity contribution in [3.05, 3.63) is 29.8 Å². The van der Waals surface area contributed by atoms with E-state index in [9.17, 15) is 0 Å². The van der Waals surface area contributed by atoms with Gasteiger partial charge in [0.05, 0.1) is 6.04 Å². The topological polar surface area (TPSA) is 21.3 Å². The van der Waals surface area contributed by atoms with Crippen LogP contribution >= 0.6 is 12.2 Å². The quantitative estimate of drug-likeness (QED) is 0.616. The molecule has 0 amide bonds. The summed E-state index contributed by atoms with van der Waals surface area (Å²) in [4.78, 5) is 0. The van der Waals surface area contributed by atoms with Gasteiger partial charge in [0, 0.05) is 5.56 Å². The third-order valence-corrected chi connectivity index (χ3v) is 2.12. The smallest absolute Gasteiger partial charge is 0.262 e. The first-order chi connectivity index (χ1) is 5.77. The highest BCUT2D eigenvalue weighted by Gasteiger charge is 2.18. The Morgan fingerprint density at radius 2 is 2.17 bits per heavy atom. The van der Waals surface area contributed by atoms with Crippen LogP contribution in [0.5, 0.6) is 5.75 Å². The Kier molecular flexibility index (Phi) is 1.73. The molecule has 0 bridgehead atoms. The van der Waals surface area contributed by atoms with Crippen molar-refractivity contribution in [2.75, 3.05) is 0 Å². The molecule has 1 aliphatic rings. The highest BCUT2D eigenvalue weighted by Crippen LogP contribution is 2.27. The van der Waals surface area contributed by atoms with E-state index in [1.807, 2.05) is 24.3 Å². The Morgan fingerprint density at radius 3 is 3.00 bits per heavy atom. The van der Waals surface area contributed by atoms with E-state index in [0.29, 0.717) is 5.17 Å². The number of thiocarbonyl (C=S) groups is 1. The highest BCUT2D eigenvalue weighted by atomic mass is 32.1. The lowest BCUT2D eigenvalue weighted by Gasteiger charge is -2.24. The minimum atomic E-state index is 0.252. The number of fused-ring (bicyclic) bond motifs is 1. The van der Waals surface area contributed by atoms with Crippen LogP contribution in [0.2, 0.25) is 0 Å². The second kappa shape index (κ2) is 2.75. The Morgan fingerprint density at radius 1 is 1.42 bits per heavy atom. The minimum absolute atomic E-state index is 0.252. The summed E-state index contributed by atoms with van der Waals surface area (Å²) in [5.74, 6) is 0.869. The van der Waals surface area contributed by atoms with Crippen molar-refractivity contribution in [1.29, 1.82) is 0 Å². The van der Waals surface area contributed by atoms with E-state index < -0.39 is 0 Å². The van der Waals surface area contributed by atoms with Gasteiger partial charge >= 0.3 is 0 Å². The second-order valence-corrected chi connectivity index (χ2v) is 3.16. The monoisotopic (exact) mass is 179 g/mol. The van der Waals surface area contributed by atoms with E-state index in [-0.39, 0.29) is 6.04 Å². The van der Waals surface area contributed by atoms with Crippen LogP contribution in [0.25, 0.3) is 0 Å². The van der Waals surface area contributed by atoms with Crippen molar-refractivity contribution in [2.24, 2.45) is 0 Å². The molecule has 2 rings (SSSR count). The van der Waals surface area contributed by atoms with E-state index in [1.54, 1.807) is 0 Å². The van der Waals surface area contributed by atoms with Crippen molar-refractivity contribution >= 4 is 17.4 Å². The van der Waals surface area contributed by atoms with Gasteiger partial charge in [0.15, 0.2) is 0 Å². The van der Waals surface area contributed by atoms with Gasteiger partial charge in [-0.25, -0.2) is 0 Å². The molecule has 0 saturated carbocycles. The third-order valence-electron chi connectivity index (χ3n) is 1.92. The van der Waals surface area contributed by atoms with Crippen molar-refractivity contribution in [2.45, 2.75) is 13.0 Å². The summed E-state index contributed by atoms with van der Waals surface area (Å²) in [5, 5.41) is 3.50. The first-order valence-electron chi connectivity index (χ1n) is 3.84. The maximum Gasteiger partial charge on any atom is 0.262 e. The molecular weight excluding hydrogens is 170 g/mol. The molecule has 1 unspecified atom stereocenters. The van der Waals surface area contributed by atoms with Gasteiger partial charge in [-0.05, 0) is 25.2 Å². The van der Waals surface area contributed by atoms with Crippen molar-refractivity contribution < 1.29 is 4.74 Å². The summed E-state index contributed by atoms with van der Waals surface area (Å²) in [6.45, 7) is 2.06. The number of para-hydroxylation sites is 1. The molecule has 62 valence electrons. The molecule has 1 atom stereocenters. The van der Waals surface area contributed by atoms with Crippen LogP contribution in [0, 0.1) is 0 Å². The van der Waals surface area contributed by atoms with Crippen molar-refractivity contribution in [1.82, 2.24) is 5.32 Å². The summed E-state index contributed by atoms with van der Waals surface area (Å²) in [5.41, 5.74) is 1.16. The van der Waals surface area contributed by atoms with Gasteiger partial charge in [-0.3, -0.25) is 0 Å². The van der Waals surface area contributed by atoms with Gasteiger partial charge in [0.1, 0.15) is 5.75 Å². The molecule has 0 spiro atoms. The van der Waals surface area contributed by atoms with Crippen molar-refractivity contribution in [3.63, 3.8) is 0 Å². The van der Waals surface area contributed by atoms with E-state index in [1.165, 1.54) is 0 Å². The molecule has 1 aromatic rings. The number of hydrogen-bond donors (Lipinski definition) is 1. The maximum absolute atomic E-state index is 5.32. The first-order valence-corrected chi connectivity index (χ1v) is 4.25. The SMILES string of the molecule is CC1NC(=S)Oc2ccccc21. The summed E-state index contributed by atoms with van der Waals surface area (Å²) in [7, 11) is 0. The van der Waals surface area contributed by atoms with Crippen LogP contribution in [0.3, 0.4) is 0 Å². The van der Waals surface area contributed by atoms with Crippen LogP contribution < -0.4 is 10.1 Å². The Hall–Kier alpha value is -1.09. The highest BCUT2D eigenvalue weighted by molar-refractivity contribution is 7.80. The Bertz CT molecular complexity index is 324. The number of rotatable bonds is 0. The van der Waals surface area contributed by atoms with E-state index in [0.717, 1.165) is 11.3 Å². The van der Waals surface area contributed by atoms with Gasteiger partial charge in [-0.2, -0.15) is 0 Å². The molecule has 0 aliphatic carbocycles. The van der Waals surface area contributed by atoms with Gasteiger partial charge in [0.25, 0.3) is 5.17 Å². The van der Waals surface area contributed by atoms with Crippen LogP contribution in [0.4, 0.5) is 0 Å². The van der Waals surface area contributed by atoms with E-state index >= 15 is 0 Å². The number of ether oxygens (including phenoxy) is 1. The molecule has 1 aromatic carbocycles. The molecule has 0 fully saturated rings. The average Bonchev–Trinajstić information content (AvgIpc) is 2.04.